The maximum absolute atomic E-state index is 13.1. The number of rotatable bonds is 4. The molecule has 3 N–H and O–H groups in total. The van der Waals surface area contributed by atoms with Crippen LogP contribution in [0.2, 0.25) is 0 Å². The Morgan fingerprint density at radius 1 is 1.21 bits per heavy atom. The summed E-state index contributed by atoms with van der Waals surface area (Å²) in [5, 5.41) is 11.8. The molecule has 0 aromatic heterocycles. The number of ether oxygens (including phenoxy) is 2. The van der Waals surface area contributed by atoms with Crippen LogP contribution < -0.4 is 20.3 Å². The smallest absolute Gasteiger partial charge is 0.322 e. The minimum absolute atomic E-state index is 0.157. The second-order valence-electron chi connectivity index (χ2n) is 7.17. The number of fused-ring (bicyclic) bond motifs is 1. The monoisotopic (exact) mass is 399 g/mol. The van der Waals surface area contributed by atoms with Crippen LogP contribution in [0.15, 0.2) is 42.5 Å². The fraction of sp³-hybridized carbons (Fsp3) is 0.333. The summed E-state index contributed by atoms with van der Waals surface area (Å²) in [5.41, 5.74) is 3.35. The van der Waals surface area contributed by atoms with Crippen molar-refractivity contribution in [3.05, 3.63) is 53.6 Å². The van der Waals surface area contributed by atoms with Crippen LogP contribution in [-0.4, -0.2) is 41.8 Å². The molecule has 3 amide bonds. The first kappa shape index (κ1) is 20.5. The maximum Gasteiger partial charge on any atom is 0.322 e. The highest BCUT2D eigenvalue weighted by molar-refractivity contribution is 5.94. The third-order valence-electron chi connectivity index (χ3n) is 4.95. The van der Waals surface area contributed by atoms with Crippen molar-refractivity contribution in [2.45, 2.75) is 26.4 Å². The van der Waals surface area contributed by atoms with Gasteiger partial charge in [-0.15, -0.1) is 0 Å². The molecule has 29 heavy (non-hydrogen) atoms. The number of benzene rings is 2. The summed E-state index contributed by atoms with van der Waals surface area (Å²) in [5.74, 6) is 0.778. The van der Waals surface area contributed by atoms with Crippen molar-refractivity contribution in [3.8, 4) is 11.5 Å². The summed E-state index contributed by atoms with van der Waals surface area (Å²) in [4.78, 5) is 26.5. The number of methoxy groups -OCH3 is 1. The Hall–Kier alpha value is -3.26. The Bertz CT molecular complexity index is 882. The lowest BCUT2D eigenvalue weighted by Gasteiger charge is -2.32. The highest BCUT2D eigenvalue weighted by Crippen LogP contribution is 2.29. The molecule has 154 valence electrons. The Morgan fingerprint density at radius 3 is 2.55 bits per heavy atom. The molecular formula is C21H25N3O5. The van der Waals surface area contributed by atoms with Gasteiger partial charge in [0.1, 0.15) is 18.1 Å². The molecule has 0 fully saturated rings. The van der Waals surface area contributed by atoms with Crippen LogP contribution in [0, 0.1) is 5.92 Å². The lowest BCUT2D eigenvalue weighted by atomic mass is 10.0. The number of urea groups is 1. The van der Waals surface area contributed by atoms with E-state index in [1.807, 2.05) is 13.8 Å². The zero-order valence-electron chi connectivity index (χ0n) is 16.6. The van der Waals surface area contributed by atoms with Gasteiger partial charge in [-0.25, -0.2) is 10.3 Å². The SMILES string of the molecule is COc1ccc(NC(=O)N2Cc3ccc(C(=O)NO)cc3OC[C@H]2C(C)C)cc1. The molecule has 0 radical (unpaired) electrons. The highest BCUT2D eigenvalue weighted by Gasteiger charge is 2.31. The first-order valence-corrected chi connectivity index (χ1v) is 9.34. The van der Waals surface area contributed by atoms with E-state index in [0.29, 0.717) is 30.3 Å². The molecule has 0 aliphatic carbocycles. The molecule has 1 atom stereocenters. The quantitative estimate of drug-likeness (QED) is 0.541. The summed E-state index contributed by atoms with van der Waals surface area (Å²) >= 11 is 0. The summed E-state index contributed by atoms with van der Waals surface area (Å²) < 4.78 is 11.1. The number of carbonyl (C=O) groups excluding carboxylic acids is 2. The predicted molar refractivity (Wildman–Crippen MR) is 107 cm³/mol. The largest absolute Gasteiger partial charge is 0.497 e. The van der Waals surface area contributed by atoms with Gasteiger partial charge in [0.2, 0.25) is 0 Å². The van der Waals surface area contributed by atoms with Gasteiger partial charge in [-0.05, 0) is 42.3 Å². The van der Waals surface area contributed by atoms with E-state index in [1.165, 1.54) is 0 Å². The molecule has 2 aromatic rings. The molecule has 0 spiro atoms. The van der Waals surface area contributed by atoms with Crippen molar-refractivity contribution in [2.75, 3.05) is 19.0 Å². The van der Waals surface area contributed by atoms with Crippen LogP contribution in [0.25, 0.3) is 0 Å². The Labute approximate surface area is 169 Å². The van der Waals surface area contributed by atoms with Gasteiger partial charge in [0, 0.05) is 16.8 Å². The van der Waals surface area contributed by atoms with Gasteiger partial charge in [0.05, 0.1) is 19.7 Å². The van der Waals surface area contributed by atoms with Gasteiger partial charge in [-0.2, -0.15) is 0 Å². The topological polar surface area (TPSA) is 100 Å². The number of amides is 3. The van der Waals surface area contributed by atoms with Crippen molar-refractivity contribution in [3.63, 3.8) is 0 Å². The van der Waals surface area contributed by atoms with Gasteiger partial charge in [-0.3, -0.25) is 10.0 Å². The number of hydrogen-bond donors (Lipinski definition) is 3. The van der Waals surface area contributed by atoms with E-state index in [9.17, 15) is 9.59 Å². The van der Waals surface area contributed by atoms with Crippen molar-refractivity contribution < 1.29 is 24.3 Å². The molecule has 0 bridgehead atoms. The predicted octanol–water partition coefficient (Wildman–Crippen LogP) is 3.27. The van der Waals surface area contributed by atoms with Gasteiger partial charge in [-0.1, -0.05) is 19.9 Å². The van der Waals surface area contributed by atoms with Crippen LogP contribution in [0.4, 0.5) is 10.5 Å². The van der Waals surface area contributed by atoms with Crippen LogP contribution in [0.1, 0.15) is 29.8 Å². The first-order valence-electron chi connectivity index (χ1n) is 9.34. The van der Waals surface area contributed by atoms with E-state index >= 15 is 0 Å². The second kappa shape index (κ2) is 8.83. The zero-order chi connectivity index (χ0) is 21.0. The number of nitrogens with zero attached hydrogens (tertiary/aromatic N) is 1. The number of anilines is 1. The van der Waals surface area contributed by atoms with Crippen LogP contribution in [-0.2, 0) is 6.54 Å². The first-order chi connectivity index (χ1) is 13.9. The second-order valence-corrected chi connectivity index (χ2v) is 7.17. The lowest BCUT2D eigenvalue weighted by molar-refractivity contribution is 0.0706. The number of hydroxylamine groups is 1. The minimum Gasteiger partial charge on any atom is -0.497 e. The van der Waals surface area contributed by atoms with E-state index in [2.05, 4.69) is 5.32 Å². The van der Waals surface area contributed by atoms with Crippen molar-refractivity contribution in [1.82, 2.24) is 10.4 Å². The maximum atomic E-state index is 13.1. The van der Waals surface area contributed by atoms with Crippen LogP contribution >= 0.6 is 0 Å². The van der Waals surface area contributed by atoms with E-state index in [-0.39, 0.29) is 23.6 Å². The normalized spacial score (nSPS) is 15.8. The van der Waals surface area contributed by atoms with Gasteiger partial charge < -0.3 is 19.7 Å². The van der Waals surface area contributed by atoms with Gasteiger partial charge >= 0.3 is 6.03 Å². The molecule has 1 heterocycles. The van der Waals surface area contributed by atoms with Crippen LogP contribution in [0.5, 0.6) is 11.5 Å². The fourth-order valence-corrected chi connectivity index (χ4v) is 3.24. The molecule has 1 aliphatic heterocycles. The molecule has 3 rings (SSSR count). The van der Waals surface area contributed by atoms with E-state index in [1.54, 1.807) is 60.0 Å². The molecule has 0 saturated heterocycles. The van der Waals surface area contributed by atoms with Crippen molar-refractivity contribution >= 4 is 17.6 Å². The Balaban J connectivity index is 1.84. The third-order valence-corrected chi connectivity index (χ3v) is 4.95. The summed E-state index contributed by atoms with van der Waals surface area (Å²) in [6, 6.07) is 11.6. The fourth-order valence-electron chi connectivity index (χ4n) is 3.24. The lowest BCUT2D eigenvalue weighted by Crippen LogP contribution is -2.46. The average Bonchev–Trinajstić information content (AvgIpc) is 2.93. The van der Waals surface area contributed by atoms with E-state index in [4.69, 9.17) is 14.7 Å². The van der Waals surface area contributed by atoms with Gasteiger partial charge in [0.15, 0.2) is 0 Å². The van der Waals surface area contributed by atoms with Crippen molar-refractivity contribution in [2.24, 2.45) is 5.92 Å². The number of nitrogens with one attached hydrogen (secondary N) is 2. The Morgan fingerprint density at radius 2 is 1.93 bits per heavy atom. The summed E-state index contributed by atoms with van der Waals surface area (Å²) in [6.07, 6.45) is 0. The molecular weight excluding hydrogens is 374 g/mol. The van der Waals surface area contributed by atoms with Crippen LogP contribution in [0.3, 0.4) is 0 Å². The average molecular weight is 399 g/mol. The molecule has 1 aliphatic rings. The molecule has 8 heteroatoms. The van der Waals surface area contributed by atoms with Crippen molar-refractivity contribution in [1.29, 1.82) is 0 Å². The Kier molecular flexibility index (Phi) is 6.23. The highest BCUT2D eigenvalue weighted by atomic mass is 16.5. The van der Waals surface area contributed by atoms with E-state index < -0.39 is 5.91 Å². The third kappa shape index (κ3) is 4.60. The van der Waals surface area contributed by atoms with Gasteiger partial charge in [0.25, 0.3) is 5.91 Å². The molecule has 0 saturated carbocycles. The molecule has 2 aromatic carbocycles. The molecule has 8 nitrogen and oxygen atoms in total. The number of hydrogen-bond acceptors (Lipinski definition) is 5. The molecule has 0 unspecified atom stereocenters. The summed E-state index contributed by atoms with van der Waals surface area (Å²) in [7, 11) is 1.59. The standard InChI is InChI=1S/C21H25N3O5/c1-13(2)18-12-29-19-10-14(20(25)23-27)4-5-15(19)11-24(18)21(26)22-16-6-8-17(28-3)9-7-16/h4-10,13,18,27H,11-12H2,1-3H3,(H,22,26)(H,23,25)/t18-/m0/s1. The summed E-state index contributed by atoms with van der Waals surface area (Å²) in [6.45, 7) is 4.69. The zero-order valence-corrected chi connectivity index (χ0v) is 16.6. The number of carbonyl (C=O) groups is 2. The van der Waals surface area contributed by atoms with E-state index in [0.717, 1.165) is 5.56 Å². The minimum atomic E-state index is -0.616.